The van der Waals surface area contributed by atoms with Crippen molar-refractivity contribution >= 4 is 11.0 Å². The highest BCUT2D eigenvalue weighted by Gasteiger charge is 2.39. The largest absolute Gasteiger partial charge is 0.327 e. The Kier molecular flexibility index (Phi) is 3.79. The molecule has 108 valence electrons. The van der Waals surface area contributed by atoms with Crippen molar-refractivity contribution in [1.29, 1.82) is 0 Å². The van der Waals surface area contributed by atoms with Crippen molar-refractivity contribution in [1.82, 2.24) is 14.9 Å². The number of aryl methyl sites for hydroxylation is 1. The Hall–Kier alpha value is -1.35. The van der Waals surface area contributed by atoms with E-state index in [4.69, 9.17) is 4.98 Å². The maximum absolute atomic E-state index is 5.03. The average Bonchev–Trinajstić information content (AvgIpc) is 3.06. The van der Waals surface area contributed by atoms with Crippen LogP contribution in [0.3, 0.4) is 0 Å². The molecule has 0 bridgehead atoms. The second-order valence-electron chi connectivity index (χ2n) is 6.03. The highest BCUT2D eigenvalue weighted by atomic mass is 15.1. The molecule has 3 nitrogen and oxygen atoms in total. The number of hydrogen-bond acceptors (Lipinski definition) is 2. The number of nitrogens with one attached hydrogen (secondary N) is 1. The molecule has 1 aliphatic heterocycles. The van der Waals surface area contributed by atoms with Crippen molar-refractivity contribution in [3.05, 3.63) is 30.1 Å². The summed E-state index contributed by atoms with van der Waals surface area (Å²) in [5.74, 6) is 1.31. The minimum atomic E-state index is 0.239. The Labute approximate surface area is 121 Å². The van der Waals surface area contributed by atoms with Crippen LogP contribution in [0.15, 0.2) is 24.3 Å². The molecule has 1 aromatic carbocycles. The Balaban J connectivity index is 2.15. The fourth-order valence-corrected chi connectivity index (χ4v) is 3.67. The molecule has 1 atom stereocenters. The standard InChI is InChI=1S/C17H25N3/c1-3-9-17(10-11-18-13-17)16-19-14-7-5-6-8-15(14)20(16)12-4-2/h5-8,18H,3-4,9-13H2,1-2H3. The molecule has 1 unspecified atom stereocenters. The van der Waals surface area contributed by atoms with E-state index in [1.54, 1.807) is 0 Å². The Morgan fingerprint density at radius 1 is 1.25 bits per heavy atom. The second-order valence-corrected chi connectivity index (χ2v) is 6.03. The van der Waals surface area contributed by atoms with Crippen molar-refractivity contribution in [2.75, 3.05) is 13.1 Å². The Morgan fingerprint density at radius 2 is 2.10 bits per heavy atom. The van der Waals surface area contributed by atoms with E-state index in [-0.39, 0.29) is 5.41 Å². The minimum Gasteiger partial charge on any atom is -0.327 e. The summed E-state index contributed by atoms with van der Waals surface area (Å²) in [4.78, 5) is 5.03. The fourth-order valence-electron chi connectivity index (χ4n) is 3.67. The second kappa shape index (κ2) is 5.57. The summed E-state index contributed by atoms with van der Waals surface area (Å²) in [5.41, 5.74) is 2.69. The quantitative estimate of drug-likeness (QED) is 0.902. The lowest BCUT2D eigenvalue weighted by Crippen LogP contribution is -2.32. The van der Waals surface area contributed by atoms with Crippen molar-refractivity contribution in [2.24, 2.45) is 0 Å². The van der Waals surface area contributed by atoms with Crippen LogP contribution in [-0.2, 0) is 12.0 Å². The van der Waals surface area contributed by atoms with Gasteiger partial charge in [-0.2, -0.15) is 0 Å². The van der Waals surface area contributed by atoms with E-state index in [0.29, 0.717) is 0 Å². The lowest BCUT2D eigenvalue weighted by Gasteiger charge is -2.28. The molecule has 1 fully saturated rings. The summed E-state index contributed by atoms with van der Waals surface area (Å²) >= 11 is 0. The first-order valence-electron chi connectivity index (χ1n) is 7.97. The van der Waals surface area contributed by atoms with Crippen LogP contribution in [0.5, 0.6) is 0 Å². The lowest BCUT2D eigenvalue weighted by molar-refractivity contribution is 0.384. The molecule has 2 aromatic rings. The predicted octanol–water partition coefficient (Wildman–Crippen LogP) is 3.48. The first-order chi connectivity index (χ1) is 9.80. The van der Waals surface area contributed by atoms with E-state index in [2.05, 4.69) is 48.0 Å². The van der Waals surface area contributed by atoms with Crippen LogP contribution in [0, 0.1) is 0 Å². The van der Waals surface area contributed by atoms with Crippen LogP contribution in [0.1, 0.15) is 45.4 Å². The zero-order chi connectivity index (χ0) is 14.0. The molecular weight excluding hydrogens is 246 g/mol. The van der Waals surface area contributed by atoms with Gasteiger partial charge in [-0.25, -0.2) is 4.98 Å². The molecule has 1 aliphatic rings. The van der Waals surface area contributed by atoms with Crippen LogP contribution >= 0.6 is 0 Å². The zero-order valence-electron chi connectivity index (χ0n) is 12.7. The molecule has 0 aliphatic carbocycles. The number of benzene rings is 1. The van der Waals surface area contributed by atoms with Crippen LogP contribution in [0.2, 0.25) is 0 Å². The van der Waals surface area contributed by atoms with Gasteiger partial charge in [0.15, 0.2) is 0 Å². The molecule has 1 aromatic heterocycles. The van der Waals surface area contributed by atoms with Crippen LogP contribution in [-0.4, -0.2) is 22.6 Å². The maximum atomic E-state index is 5.03. The number of nitrogens with zero attached hydrogens (tertiary/aromatic N) is 2. The number of imidazole rings is 1. The van der Waals surface area contributed by atoms with Gasteiger partial charge < -0.3 is 9.88 Å². The van der Waals surface area contributed by atoms with Gasteiger partial charge in [0.2, 0.25) is 0 Å². The van der Waals surface area contributed by atoms with Gasteiger partial charge in [-0.3, -0.25) is 0 Å². The van der Waals surface area contributed by atoms with Gasteiger partial charge in [-0.05, 0) is 37.9 Å². The molecular formula is C17H25N3. The lowest BCUT2D eigenvalue weighted by atomic mass is 9.81. The van der Waals surface area contributed by atoms with E-state index >= 15 is 0 Å². The summed E-state index contributed by atoms with van der Waals surface area (Å²) in [6.07, 6.45) is 4.82. The smallest absolute Gasteiger partial charge is 0.117 e. The van der Waals surface area contributed by atoms with E-state index in [9.17, 15) is 0 Å². The molecule has 0 radical (unpaired) electrons. The van der Waals surface area contributed by atoms with Crippen molar-refractivity contribution in [3.63, 3.8) is 0 Å². The normalized spacial score (nSPS) is 22.7. The van der Waals surface area contributed by atoms with Gasteiger partial charge in [0.25, 0.3) is 0 Å². The van der Waals surface area contributed by atoms with E-state index in [0.717, 1.165) is 31.6 Å². The van der Waals surface area contributed by atoms with Crippen molar-refractivity contribution in [2.45, 2.75) is 51.5 Å². The molecule has 0 amide bonds. The van der Waals surface area contributed by atoms with Crippen molar-refractivity contribution in [3.8, 4) is 0 Å². The van der Waals surface area contributed by atoms with Gasteiger partial charge in [0, 0.05) is 18.5 Å². The van der Waals surface area contributed by atoms with Crippen molar-refractivity contribution < 1.29 is 0 Å². The highest BCUT2D eigenvalue weighted by molar-refractivity contribution is 5.76. The average molecular weight is 271 g/mol. The molecule has 0 saturated carbocycles. The molecule has 2 heterocycles. The molecule has 20 heavy (non-hydrogen) atoms. The SMILES string of the molecule is CCCn1c(C2(CCC)CCNC2)nc2ccccc21. The maximum Gasteiger partial charge on any atom is 0.117 e. The van der Waals surface area contributed by atoms with Crippen LogP contribution in [0.25, 0.3) is 11.0 Å². The van der Waals surface area contributed by atoms with Crippen LogP contribution in [0.4, 0.5) is 0 Å². The first kappa shape index (κ1) is 13.6. The summed E-state index contributed by atoms with van der Waals surface area (Å²) in [7, 11) is 0. The number of aromatic nitrogens is 2. The minimum absolute atomic E-state index is 0.239. The third-order valence-corrected chi connectivity index (χ3v) is 4.55. The topological polar surface area (TPSA) is 29.9 Å². The van der Waals surface area contributed by atoms with Crippen LogP contribution < -0.4 is 5.32 Å². The van der Waals surface area contributed by atoms with E-state index < -0.39 is 0 Å². The third-order valence-electron chi connectivity index (χ3n) is 4.55. The predicted molar refractivity (Wildman–Crippen MR) is 84.1 cm³/mol. The molecule has 3 heteroatoms. The molecule has 0 spiro atoms. The molecule has 1 N–H and O–H groups in total. The van der Waals surface area contributed by atoms with Gasteiger partial charge >= 0.3 is 0 Å². The van der Waals surface area contributed by atoms with Gasteiger partial charge in [-0.1, -0.05) is 32.4 Å². The summed E-state index contributed by atoms with van der Waals surface area (Å²) in [6.45, 7) is 7.80. The van der Waals surface area contributed by atoms with Gasteiger partial charge in [0.05, 0.1) is 11.0 Å². The fraction of sp³-hybridized carbons (Fsp3) is 0.588. The molecule has 1 saturated heterocycles. The number of rotatable bonds is 5. The van der Waals surface area contributed by atoms with Gasteiger partial charge in [0.1, 0.15) is 5.82 Å². The summed E-state index contributed by atoms with van der Waals surface area (Å²) in [5, 5.41) is 3.56. The molecule has 3 rings (SSSR count). The Bertz CT molecular complexity index is 579. The Morgan fingerprint density at radius 3 is 2.80 bits per heavy atom. The number of fused-ring (bicyclic) bond motifs is 1. The highest BCUT2D eigenvalue weighted by Crippen LogP contribution is 2.36. The third kappa shape index (κ3) is 2.14. The summed E-state index contributed by atoms with van der Waals surface area (Å²) < 4.78 is 2.47. The van der Waals surface area contributed by atoms with Gasteiger partial charge in [-0.15, -0.1) is 0 Å². The summed E-state index contributed by atoms with van der Waals surface area (Å²) in [6, 6.07) is 8.57. The van der Waals surface area contributed by atoms with E-state index in [1.807, 2.05) is 0 Å². The van der Waals surface area contributed by atoms with E-state index in [1.165, 1.54) is 30.6 Å². The number of para-hydroxylation sites is 2. The number of hydrogen-bond donors (Lipinski definition) is 1. The monoisotopic (exact) mass is 271 g/mol. The first-order valence-corrected chi connectivity index (χ1v) is 7.97. The zero-order valence-corrected chi connectivity index (χ0v) is 12.7.